The zero-order valence-electron chi connectivity index (χ0n) is 9.40. The fourth-order valence-corrected chi connectivity index (χ4v) is 1.73. The van der Waals surface area contributed by atoms with E-state index in [1.165, 1.54) is 5.56 Å². The minimum absolute atomic E-state index is 0.132. The SMILES string of the molecule is CCCc1nc(O)c(Cc2ccccc2)[nH]1. The van der Waals surface area contributed by atoms with Crippen LogP contribution in [-0.4, -0.2) is 15.1 Å². The van der Waals surface area contributed by atoms with Crippen molar-refractivity contribution in [2.24, 2.45) is 0 Å². The number of benzene rings is 1. The van der Waals surface area contributed by atoms with Crippen LogP contribution in [0.5, 0.6) is 5.88 Å². The maximum absolute atomic E-state index is 9.68. The van der Waals surface area contributed by atoms with Gasteiger partial charge in [-0.25, -0.2) is 0 Å². The zero-order chi connectivity index (χ0) is 11.4. The molecule has 0 fully saturated rings. The molecule has 0 aliphatic heterocycles. The lowest BCUT2D eigenvalue weighted by Gasteiger charge is -1.98. The Balaban J connectivity index is 2.15. The highest BCUT2D eigenvalue weighted by Gasteiger charge is 2.08. The van der Waals surface area contributed by atoms with Gasteiger partial charge >= 0.3 is 0 Å². The predicted octanol–water partition coefficient (Wildman–Crippen LogP) is 2.66. The van der Waals surface area contributed by atoms with Crippen LogP contribution >= 0.6 is 0 Å². The topological polar surface area (TPSA) is 48.9 Å². The lowest BCUT2D eigenvalue weighted by Crippen LogP contribution is -1.90. The lowest BCUT2D eigenvalue weighted by atomic mass is 10.1. The van der Waals surface area contributed by atoms with E-state index in [9.17, 15) is 5.11 Å². The Labute approximate surface area is 95.2 Å². The Morgan fingerprint density at radius 1 is 1.25 bits per heavy atom. The second kappa shape index (κ2) is 4.84. The molecule has 0 atom stereocenters. The molecule has 0 aliphatic rings. The minimum Gasteiger partial charge on any atom is -0.492 e. The molecule has 0 aliphatic carbocycles. The van der Waals surface area contributed by atoms with E-state index in [4.69, 9.17) is 0 Å². The van der Waals surface area contributed by atoms with Crippen molar-refractivity contribution in [3.8, 4) is 5.88 Å². The molecule has 0 unspecified atom stereocenters. The van der Waals surface area contributed by atoms with Gasteiger partial charge < -0.3 is 10.1 Å². The molecule has 0 spiro atoms. The third kappa shape index (κ3) is 2.42. The van der Waals surface area contributed by atoms with Crippen molar-refractivity contribution in [2.75, 3.05) is 0 Å². The van der Waals surface area contributed by atoms with Crippen molar-refractivity contribution in [2.45, 2.75) is 26.2 Å². The van der Waals surface area contributed by atoms with Crippen molar-refractivity contribution < 1.29 is 5.11 Å². The van der Waals surface area contributed by atoms with Gasteiger partial charge in [0.05, 0.1) is 5.69 Å². The quantitative estimate of drug-likeness (QED) is 0.825. The zero-order valence-corrected chi connectivity index (χ0v) is 9.40. The van der Waals surface area contributed by atoms with E-state index in [1.807, 2.05) is 30.3 Å². The number of nitrogens with one attached hydrogen (secondary N) is 1. The molecule has 0 saturated carbocycles. The van der Waals surface area contributed by atoms with Gasteiger partial charge in [0.2, 0.25) is 5.88 Å². The Hall–Kier alpha value is -1.77. The van der Waals surface area contributed by atoms with Crippen LogP contribution in [0.2, 0.25) is 0 Å². The van der Waals surface area contributed by atoms with Crippen LogP contribution in [-0.2, 0) is 12.8 Å². The number of H-pyrrole nitrogens is 1. The number of hydrogen-bond donors (Lipinski definition) is 2. The monoisotopic (exact) mass is 216 g/mol. The summed E-state index contributed by atoms with van der Waals surface area (Å²) in [6.07, 6.45) is 2.60. The summed E-state index contributed by atoms with van der Waals surface area (Å²) in [5, 5.41) is 9.68. The van der Waals surface area contributed by atoms with Crippen LogP contribution in [0.3, 0.4) is 0 Å². The average molecular weight is 216 g/mol. The number of aromatic nitrogens is 2. The first-order chi connectivity index (χ1) is 7.79. The smallest absolute Gasteiger partial charge is 0.232 e. The number of imidazole rings is 1. The van der Waals surface area contributed by atoms with Crippen LogP contribution < -0.4 is 0 Å². The average Bonchev–Trinajstić information content (AvgIpc) is 2.61. The molecular weight excluding hydrogens is 200 g/mol. The molecule has 0 radical (unpaired) electrons. The van der Waals surface area contributed by atoms with Gasteiger partial charge in [-0.3, -0.25) is 0 Å². The highest BCUT2D eigenvalue weighted by Crippen LogP contribution is 2.18. The second-order valence-corrected chi connectivity index (χ2v) is 3.90. The molecular formula is C13H16N2O. The van der Waals surface area contributed by atoms with Crippen molar-refractivity contribution >= 4 is 0 Å². The van der Waals surface area contributed by atoms with Crippen molar-refractivity contribution in [3.05, 3.63) is 47.4 Å². The first-order valence-electron chi connectivity index (χ1n) is 5.60. The highest BCUT2D eigenvalue weighted by atomic mass is 16.3. The van der Waals surface area contributed by atoms with Crippen LogP contribution in [0, 0.1) is 0 Å². The molecule has 0 bridgehead atoms. The van der Waals surface area contributed by atoms with Crippen LogP contribution in [0.25, 0.3) is 0 Å². The number of rotatable bonds is 4. The summed E-state index contributed by atoms with van der Waals surface area (Å²) in [6, 6.07) is 10.1. The molecule has 1 aromatic carbocycles. The largest absolute Gasteiger partial charge is 0.492 e. The molecule has 1 heterocycles. The summed E-state index contributed by atoms with van der Waals surface area (Å²) < 4.78 is 0. The summed E-state index contributed by atoms with van der Waals surface area (Å²) >= 11 is 0. The molecule has 0 amide bonds. The van der Waals surface area contributed by atoms with E-state index in [1.54, 1.807) is 0 Å². The first kappa shape index (κ1) is 10.7. The molecule has 0 saturated heterocycles. The number of aromatic hydroxyl groups is 1. The van der Waals surface area contributed by atoms with E-state index in [0.29, 0.717) is 6.42 Å². The molecule has 3 heteroatoms. The Morgan fingerprint density at radius 3 is 2.69 bits per heavy atom. The number of aromatic amines is 1. The van der Waals surface area contributed by atoms with Gasteiger partial charge in [-0.15, -0.1) is 0 Å². The predicted molar refractivity (Wildman–Crippen MR) is 63.5 cm³/mol. The van der Waals surface area contributed by atoms with Gasteiger partial charge in [0.15, 0.2) is 0 Å². The van der Waals surface area contributed by atoms with E-state index in [2.05, 4.69) is 16.9 Å². The third-order valence-electron chi connectivity index (χ3n) is 2.52. The fourth-order valence-electron chi connectivity index (χ4n) is 1.73. The van der Waals surface area contributed by atoms with Crippen molar-refractivity contribution in [3.63, 3.8) is 0 Å². The molecule has 2 rings (SSSR count). The van der Waals surface area contributed by atoms with Gasteiger partial charge in [0.25, 0.3) is 0 Å². The van der Waals surface area contributed by atoms with Gasteiger partial charge in [-0.2, -0.15) is 4.98 Å². The number of nitrogens with zero attached hydrogens (tertiary/aromatic N) is 1. The summed E-state index contributed by atoms with van der Waals surface area (Å²) in [5.41, 5.74) is 1.97. The third-order valence-corrected chi connectivity index (χ3v) is 2.52. The van der Waals surface area contributed by atoms with Gasteiger partial charge in [0.1, 0.15) is 5.82 Å². The first-order valence-corrected chi connectivity index (χ1v) is 5.60. The van der Waals surface area contributed by atoms with Crippen molar-refractivity contribution in [1.29, 1.82) is 0 Å². The summed E-state index contributed by atoms with van der Waals surface area (Å²) in [6.45, 7) is 2.09. The Morgan fingerprint density at radius 2 is 2.00 bits per heavy atom. The van der Waals surface area contributed by atoms with Crippen LogP contribution in [0.1, 0.15) is 30.4 Å². The van der Waals surface area contributed by atoms with E-state index in [-0.39, 0.29) is 5.88 Å². The Kier molecular flexibility index (Phi) is 3.25. The summed E-state index contributed by atoms with van der Waals surface area (Å²) in [7, 11) is 0. The summed E-state index contributed by atoms with van der Waals surface area (Å²) in [5.74, 6) is 0.998. The van der Waals surface area contributed by atoms with Crippen LogP contribution in [0.4, 0.5) is 0 Å². The normalized spacial score (nSPS) is 10.6. The number of aryl methyl sites for hydroxylation is 1. The van der Waals surface area contributed by atoms with Gasteiger partial charge in [0, 0.05) is 12.8 Å². The Bertz CT molecular complexity index is 448. The fraction of sp³-hybridized carbons (Fsp3) is 0.308. The van der Waals surface area contributed by atoms with E-state index < -0.39 is 0 Å². The molecule has 84 valence electrons. The van der Waals surface area contributed by atoms with Gasteiger partial charge in [-0.1, -0.05) is 37.3 Å². The van der Waals surface area contributed by atoms with Crippen molar-refractivity contribution in [1.82, 2.24) is 9.97 Å². The molecule has 2 N–H and O–H groups in total. The minimum atomic E-state index is 0.132. The maximum Gasteiger partial charge on any atom is 0.232 e. The molecule has 1 aromatic heterocycles. The highest BCUT2D eigenvalue weighted by molar-refractivity contribution is 5.27. The molecule has 2 aromatic rings. The lowest BCUT2D eigenvalue weighted by molar-refractivity contribution is 0.449. The maximum atomic E-state index is 9.68. The van der Waals surface area contributed by atoms with E-state index in [0.717, 1.165) is 24.4 Å². The van der Waals surface area contributed by atoms with Gasteiger partial charge in [-0.05, 0) is 12.0 Å². The summed E-state index contributed by atoms with van der Waals surface area (Å²) in [4.78, 5) is 7.27. The standard InChI is InChI=1S/C13H16N2O/c1-2-6-12-14-11(13(16)15-12)9-10-7-4-3-5-8-10/h3-5,7-8,16H,2,6,9H2,1H3,(H,14,15). The number of hydrogen-bond acceptors (Lipinski definition) is 2. The molecule has 3 nitrogen and oxygen atoms in total. The molecule has 16 heavy (non-hydrogen) atoms. The van der Waals surface area contributed by atoms with E-state index >= 15 is 0 Å². The second-order valence-electron chi connectivity index (χ2n) is 3.90. The van der Waals surface area contributed by atoms with Crippen LogP contribution in [0.15, 0.2) is 30.3 Å².